The van der Waals surface area contributed by atoms with Gasteiger partial charge in [0.1, 0.15) is 0 Å². The van der Waals surface area contributed by atoms with Crippen molar-refractivity contribution in [3.05, 3.63) is 62.4 Å². The van der Waals surface area contributed by atoms with Crippen molar-refractivity contribution in [3.8, 4) is 5.69 Å². The van der Waals surface area contributed by atoms with E-state index in [1.54, 1.807) is 0 Å². The van der Waals surface area contributed by atoms with Crippen molar-refractivity contribution in [3.63, 3.8) is 0 Å². The van der Waals surface area contributed by atoms with Crippen LogP contribution in [0.4, 0.5) is 8.78 Å². The Hall–Kier alpha value is -2.57. The Morgan fingerprint density at radius 2 is 1.95 bits per heavy atom. The summed E-state index contributed by atoms with van der Waals surface area (Å²) in [4.78, 5) is 36.9. The van der Waals surface area contributed by atoms with Gasteiger partial charge >= 0.3 is 5.69 Å². The van der Waals surface area contributed by atoms with E-state index in [0.29, 0.717) is 4.57 Å². The van der Waals surface area contributed by atoms with Gasteiger partial charge in [0.15, 0.2) is 17.4 Å². The number of carbonyl (C=O) groups is 1. The van der Waals surface area contributed by atoms with Crippen molar-refractivity contribution >= 4 is 5.78 Å². The molecule has 0 fully saturated rings. The predicted octanol–water partition coefficient (Wildman–Crippen LogP) is 1.01. The van der Waals surface area contributed by atoms with Gasteiger partial charge in [-0.05, 0) is 19.1 Å². The van der Waals surface area contributed by atoms with Crippen molar-refractivity contribution in [1.29, 1.82) is 0 Å². The molecule has 0 aliphatic rings. The SMILES string of the molecule is CC(=O)c1c[nH]c(=O)n(-c2cccc(F)c2F)c1=O. The molecule has 0 aliphatic carbocycles. The summed E-state index contributed by atoms with van der Waals surface area (Å²) < 4.78 is 27.1. The van der Waals surface area contributed by atoms with E-state index in [2.05, 4.69) is 4.98 Å². The second kappa shape index (κ2) is 4.60. The van der Waals surface area contributed by atoms with Crippen LogP contribution in [0.25, 0.3) is 5.69 Å². The van der Waals surface area contributed by atoms with Gasteiger partial charge in [-0.1, -0.05) is 6.07 Å². The van der Waals surface area contributed by atoms with Crippen LogP contribution >= 0.6 is 0 Å². The maximum atomic E-state index is 13.6. The first-order chi connectivity index (χ1) is 8.93. The second-order valence-corrected chi connectivity index (χ2v) is 3.78. The average molecular weight is 266 g/mol. The van der Waals surface area contributed by atoms with Crippen LogP contribution in [0.15, 0.2) is 34.0 Å². The van der Waals surface area contributed by atoms with Crippen LogP contribution in [-0.2, 0) is 0 Å². The average Bonchev–Trinajstić information content (AvgIpc) is 2.34. The lowest BCUT2D eigenvalue weighted by molar-refractivity contribution is 0.101. The lowest BCUT2D eigenvalue weighted by atomic mass is 10.2. The number of ketones is 1. The molecule has 7 heteroatoms. The summed E-state index contributed by atoms with van der Waals surface area (Å²) in [6, 6.07) is 3.08. The Morgan fingerprint density at radius 1 is 1.26 bits per heavy atom. The highest BCUT2D eigenvalue weighted by atomic mass is 19.2. The van der Waals surface area contributed by atoms with Crippen LogP contribution in [0.5, 0.6) is 0 Å². The molecule has 19 heavy (non-hydrogen) atoms. The molecule has 2 rings (SSSR count). The van der Waals surface area contributed by atoms with Gasteiger partial charge in [0.2, 0.25) is 0 Å². The molecule has 0 saturated carbocycles. The molecule has 5 nitrogen and oxygen atoms in total. The van der Waals surface area contributed by atoms with E-state index in [-0.39, 0.29) is 5.56 Å². The van der Waals surface area contributed by atoms with Gasteiger partial charge in [-0.3, -0.25) is 9.59 Å². The van der Waals surface area contributed by atoms with E-state index in [4.69, 9.17) is 0 Å². The standard InChI is InChI=1S/C12H8F2N2O3/c1-6(17)7-5-15-12(19)16(11(7)18)9-4-2-3-8(13)10(9)14/h2-5H,1H3,(H,15,19). The van der Waals surface area contributed by atoms with Crippen LogP contribution in [0.1, 0.15) is 17.3 Å². The first kappa shape index (κ1) is 12.9. The second-order valence-electron chi connectivity index (χ2n) is 3.78. The van der Waals surface area contributed by atoms with Crippen molar-refractivity contribution in [1.82, 2.24) is 9.55 Å². The zero-order chi connectivity index (χ0) is 14.2. The van der Waals surface area contributed by atoms with Gasteiger partial charge in [-0.25, -0.2) is 18.1 Å². The molecule has 1 heterocycles. The van der Waals surface area contributed by atoms with Crippen LogP contribution in [0, 0.1) is 11.6 Å². The van der Waals surface area contributed by atoms with E-state index in [9.17, 15) is 23.2 Å². The number of nitrogens with zero attached hydrogens (tertiary/aromatic N) is 1. The number of benzene rings is 1. The Balaban J connectivity index is 2.87. The normalized spacial score (nSPS) is 10.5. The summed E-state index contributed by atoms with van der Waals surface area (Å²) in [7, 11) is 0. The van der Waals surface area contributed by atoms with Gasteiger partial charge in [-0.2, -0.15) is 0 Å². The summed E-state index contributed by atoms with van der Waals surface area (Å²) in [5.74, 6) is -3.13. The maximum absolute atomic E-state index is 13.6. The number of Topliss-reactive ketones (excluding diaryl/α,β-unsaturated/α-hetero) is 1. The molecule has 98 valence electrons. The molecule has 1 N–H and O–H groups in total. The third-order valence-corrected chi connectivity index (χ3v) is 2.53. The van der Waals surface area contributed by atoms with E-state index < -0.39 is 34.4 Å². The minimum Gasteiger partial charge on any atom is -0.313 e. The Morgan fingerprint density at radius 3 is 2.58 bits per heavy atom. The smallest absolute Gasteiger partial charge is 0.313 e. The van der Waals surface area contributed by atoms with E-state index >= 15 is 0 Å². The fourth-order valence-corrected chi connectivity index (χ4v) is 1.61. The Kier molecular flexibility index (Phi) is 3.12. The third-order valence-electron chi connectivity index (χ3n) is 2.53. The van der Waals surface area contributed by atoms with Gasteiger partial charge < -0.3 is 4.98 Å². The number of carbonyl (C=O) groups excluding carboxylic acids is 1. The first-order valence-corrected chi connectivity index (χ1v) is 5.23. The Bertz CT molecular complexity index is 777. The van der Waals surface area contributed by atoms with Crippen LogP contribution in [0.2, 0.25) is 0 Å². The van der Waals surface area contributed by atoms with Gasteiger partial charge in [0.25, 0.3) is 5.56 Å². The highest BCUT2D eigenvalue weighted by Crippen LogP contribution is 2.13. The molecule has 0 bridgehead atoms. The predicted molar refractivity (Wildman–Crippen MR) is 62.6 cm³/mol. The highest BCUT2D eigenvalue weighted by molar-refractivity contribution is 5.93. The van der Waals surface area contributed by atoms with E-state index in [0.717, 1.165) is 31.3 Å². The molecule has 2 aromatic rings. The summed E-state index contributed by atoms with van der Waals surface area (Å²) in [5, 5.41) is 0. The van der Waals surface area contributed by atoms with Crippen LogP contribution in [-0.4, -0.2) is 15.3 Å². The first-order valence-electron chi connectivity index (χ1n) is 5.23. The van der Waals surface area contributed by atoms with E-state index in [1.165, 1.54) is 0 Å². The largest absolute Gasteiger partial charge is 0.333 e. The molecule has 0 spiro atoms. The molecular weight excluding hydrogens is 258 g/mol. The molecule has 0 radical (unpaired) electrons. The molecule has 0 unspecified atom stereocenters. The minimum atomic E-state index is -1.34. The van der Waals surface area contributed by atoms with Crippen LogP contribution < -0.4 is 11.2 Å². The summed E-state index contributed by atoms with van der Waals surface area (Å²) in [6.07, 6.45) is 0.945. The quantitative estimate of drug-likeness (QED) is 0.824. The topological polar surface area (TPSA) is 71.9 Å². The fourth-order valence-electron chi connectivity index (χ4n) is 1.61. The summed E-state index contributed by atoms with van der Waals surface area (Å²) in [6.45, 7) is 1.13. The monoisotopic (exact) mass is 266 g/mol. The van der Waals surface area contributed by atoms with Gasteiger partial charge in [0, 0.05) is 6.20 Å². The molecule has 0 aliphatic heterocycles. The summed E-state index contributed by atoms with van der Waals surface area (Å²) in [5.41, 5.74) is -2.82. The molecule has 0 amide bonds. The van der Waals surface area contributed by atoms with Crippen molar-refractivity contribution in [2.75, 3.05) is 0 Å². The number of aromatic amines is 1. The Labute approximate surface area is 105 Å². The fraction of sp³-hybridized carbons (Fsp3) is 0.0833. The number of aromatic nitrogens is 2. The minimum absolute atomic E-state index is 0.316. The molecule has 0 saturated heterocycles. The molecule has 0 atom stereocenters. The van der Waals surface area contributed by atoms with Crippen LogP contribution in [0.3, 0.4) is 0 Å². The molecular formula is C12H8F2N2O3. The lowest BCUT2D eigenvalue weighted by Gasteiger charge is -2.07. The highest BCUT2D eigenvalue weighted by Gasteiger charge is 2.16. The van der Waals surface area contributed by atoms with Gasteiger partial charge in [0.05, 0.1) is 11.3 Å². The van der Waals surface area contributed by atoms with Crippen molar-refractivity contribution in [2.45, 2.75) is 6.92 Å². The number of hydrogen-bond donors (Lipinski definition) is 1. The summed E-state index contributed by atoms with van der Waals surface area (Å²) >= 11 is 0. The molecule has 1 aromatic carbocycles. The van der Waals surface area contributed by atoms with Crippen molar-refractivity contribution < 1.29 is 13.6 Å². The molecule has 1 aromatic heterocycles. The van der Waals surface area contributed by atoms with E-state index in [1.807, 2.05) is 0 Å². The van der Waals surface area contributed by atoms with Crippen molar-refractivity contribution in [2.24, 2.45) is 0 Å². The number of halogens is 2. The number of H-pyrrole nitrogens is 1. The van der Waals surface area contributed by atoms with Gasteiger partial charge in [-0.15, -0.1) is 0 Å². The number of hydrogen-bond acceptors (Lipinski definition) is 3. The lowest BCUT2D eigenvalue weighted by Crippen LogP contribution is -2.37. The maximum Gasteiger partial charge on any atom is 0.333 e. The zero-order valence-corrected chi connectivity index (χ0v) is 9.74. The zero-order valence-electron chi connectivity index (χ0n) is 9.74. The number of nitrogens with one attached hydrogen (secondary N) is 1. The number of rotatable bonds is 2. The third kappa shape index (κ3) is 2.10.